The maximum Gasteiger partial charge on any atom is 0.153 e. The molecule has 0 heterocycles. The highest BCUT2D eigenvalue weighted by Crippen LogP contribution is 2.20. The minimum Gasteiger partial charge on any atom is -0.496 e. The molecule has 0 atom stereocenters. The summed E-state index contributed by atoms with van der Waals surface area (Å²) in [5, 5.41) is 3.97. The molecule has 16 heavy (non-hydrogen) atoms. The Morgan fingerprint density at radius 3 is 2.75 bits per heavy atom. The molecule has 1 rings (SSSR count). The normalized spacial score (nSPS) is 10.2. The number of carbonyl (C=O) groups excluding carboxylic acids is 1. The number of methoxy groups -OCH3 is 1. The Labute approximate surface area is 94.7 Å². The van der Waals surface area contributed by atoms with Gasteiger partial charge in [-0.2, -0.15) is 5.10 Å². The molecule has 0 fully saturated rings. The third-order valence-corrected chi connectivity index (χ3v) is 1.84. The number of carbonyl (C=O) groups is 1. The van der Waals surface area contributed by atoms with Gasteiger partial charge in [0.25, 0.3) is 0 Å². The van der Waals surface area contributed by atoms with Crippen molar-refractivity contribution in [2.24, 2.45) is 5.10 Å². The molecule has 0 saturated carbocycles. The molecule has 86 valence electrons. The second-order valence-electron chi connectivity index (χ2n) is 3.39. The van der Waals surface area contributed by atoms with Crippen LogP contribution in [0.1, 0.15) is 10.4 Å². The first kappa shape index (κ1) is 12.0. The zero-order valence-electron chi connectivity index (χ0n) is 9.60. The van der Waals surface area contributed by atoms with E-state index in [0.29, 0.717) is 11.3 Å². The van der Waals surface area contributed by atoms with E-state index in [4.69, 9.17) is 4.74 Å². The largest absolute Gasteiger partial charge is 0.496 e. The number of anilines is 1. The molecular weight excluding hydrogens is 206 g/mol. The summed E-state index contributed by atoms with van der Waals surface area (Å²) in [4.78, 5) is 12.6. The fourth-order valence-corrected chi connectivity index (χ4v) is 1.11. The van der Waals surface area contributed by atoms with Gasteiger partial charge in [0.15, 0.2) is 6.29 Å². The van der Waals surface area contributed by atoms with Crippen LogP contribution in [0.15, 0.2) is 23.3 Å². The number of hydrogen-bond donors (Lipinski definition) is 1. The molecule has 0 radical (unpaired) electrons. The van der Waals surface area contributed by atoms with Crippen molar-refractivity contribution < 1.29 is 9.53 Å². The van der Waals surface area contributed by atoms with Gasteiger partial charge in [-0.15, -0.1) is 0 Å². The summed E-state index contributed by atoms with van der Waals surface area (Å²) in [6.07, 6.45) is 2.38. The molecule has 1 N–H and O–H groups in total. The first-order chi connectivity index (χ1) is 7.67. The number of hydrogen-bond acceptors (Lipinski definition) is 4. The molecule has 5 nitrogen and oxygen atoms in total. The van der Waals surface area contributed by atoms with Crippen LogP contribution in [0.5, 0.6) is 5.75 Å². The number of aldehydes is 1. The average Bonchev–Trinajstić information content (AvgIpc) is 2.28. The van der Waals surface area contributed by atoms with E-state index in [9.17, 15) is 4.79 Å². The summed E-state index contributed by atoms with van der Waals surface area (Å²) < 4.78 is 5.03. The second-order valence-corrected chi connectivity index (χ2v) is 3.39. The van der Waals surface area contributed by atoms with Gasteiger partial charge in [-0.25, -0.2) is 0 Å². The number of rotatable bonds is 5. The van der Waals surface area contributed by atoms with Crippen LogP contribution in [0.3, 0.4) is 0 Å². The number of benzene rings is 1. The van der Waals surface area contributed by atoms with Crippen molar-refractivity contribution in [1.82, 2.24) is 4.90 Å². The molecule has 0 aliphatic carbocycles. The second kappa shape index (κ2) is 5.75. The maximum atomic E-state index is 10.8. The minimum absolute atomic E-state index is 0.493. The van der Waals surface area contributed by atoms with Crippen molar-refractivity contribution >= 4 is 18.3 Å². The summed E-state index contributed by atoms with van der Waals surface area (Å²) in [5.41, 5.74) is 4.05. The van der Waals surface area contributed by atoms with Gasteiger partial charge in [-0.05, 0) is 18.2 Å². The lowest BCUT2D eigenvalue weighted by atomic mass is 10.2. The van der Waals surface area contributed by atoms with Crippen LogP contribution in [0, 0.1) is 0 Å². The predicted octanol–water partition coefficient (Wildman–Crippen LogP) is 1.42. The van der Waals surface area contributed by atoms with Crippen LogP contribution in [0.25, 0.3) is 0 Å². The van der Waals surface area contributed by atoms with Crippen molar-refractivity contribution in [1.29, 1.82) is 0 Å². The predicted molar refractivity (Wildman–Crippen MR) is 64.2 cm³/mol. The van der Waals surface area contributed by atoms with Crippen LogP contribution in [0.2, 0.25) is 0 Å². The quantitative estimate of drug-likeness (QED) is 0.353. The highest BCUT2D eigenvalue weighted by Gasteiger charge is 2.02. The van der Waals surface area contributed by atoms with Crippen molar-refractivity contribution in [3.63, 3.8) is 0 Å². The van der Waals surface area contributed by atoms with E-state index in [1.54, 1.807) is 29.4 Å². The van der Waals surface area contributed by atoms with Crippen LogP contribution in [-0.4, -0.2) is 38.7 Å². The summed E-state index contributed by atoms with van der Waals surface area (Å²) in [6, 6.07) is 5.19. The van der Waals surface area contributed by atoms with Gasteiger partial charge in [0, 0.05) is 14.1 Å². The Morgan fingerprint density at radius 1 is 1.44 bits per heavy atom. The van der Waals surface area contributed by atoms with E-state index in [-0.39, 0.29) is 0 Å². The lowest BCUT2D eigenvalue weighted by molar-refractivity contribution is 0.112. The average molecular weight is 221 g/mol. The number of hydrazone groups is 1. The number of nitrogens with zero attached hydrogens (tertiary/aromatic N) is 2. The highest BCUT2D eigenvalue weighted by molar-refractivity contribution is 5.81. The van der Waals surface area contributed by atoms with Gasteiger partial charge in [0.05, 0.1) is 18.4 Å². The Morgan fingerprint density at radius 2 is 2.19 bits per heavy atom. The van der Waals surface area contributed by atoms with Gasteiger partial charge in [-0.1, -0.05) is 0 Å². The van der Waals surface area contributed by atoms with E-state index < -0.39 is 0 Å². The molecule has 0 unspecified atom stereocenters. The molecule has 1 aromatic rings. The third kappa shape index (κ3) is 3.27. The summed E-state index contributed by atoms with van der Waals surface area (Å²) in [6.45, 7) is 0. The first-order valence-corrected chi connectivity index (χ1v) is 4.76. The minimum atomic E-state index is 0.493. The molecular formula is C11H15N3O2. The topological polar surface area (TPSA) is 53.9 Å². The zero-order chi connectivity index (χ0) is 12.0. The van der Waals surface area contributed by atoms with Crippen molar-refractivity contribution in [3.05, 3.63) is 23.8 Å². The third-order valence-electron chi connectivity index (χ3n) is 1.84. The van der Waals surface area contributed by atoms with E-state index in [1.807, 2.05) is 14.1 Å². The zero-order valence-corrected chi connectivity index (χ0v) is 9.60. The smallest absolute Gasteiger partial charge is 0.153 e. The number of ether oxygens (including phenoxy) is 1. The molecule has 0 bridgehead atoms. The van der Waals surface area contributed by atoms with Crippen LogP contribution < -0.4 is 10.2 Å². The van der Waals surface area contributed by atoms with Crippen molar-refractivity contribution in [2.75, 3.05) is 26.6 Å². The first-order valence-electron chi connectivity index (χ1n) is 4.76. The van der Waals surface area contributed by atoms with Gasteiger partial charge >= 0.3 is 0 Å². The highest BCUT2D eigenvalue weighted by atomic mass is 16.5. The lowest BCUT2D eigenvalue weighted by Crippen LogP contribution is -2.09. The van der Waals surface area contributed by atoms with Crippen LogP contribution in [0.4, 0.5) is 5.69 Å². The van der Waals surface area contributed by atoms with Crippen molar-refractivity contribution in [3.8, 4) is 5.75 Å². The Hall–Kier alpha value is -2.04. The summed E-state index contributed by atoms with van der Waals surface area (Å²) in [7, 11) is 5.27. The molecule has 1 aromatic carbocycles. The van der Waals surface area contributed by atoms with E-state index >= 15 is 0 Å². The van der Waals surface area contributed by atoms with Crippen molar-refractivity contribution in [2.45, 2.75) is 0 Å². The lowest BCUT2D eigenvalue weighted by Gasteiger charge is -2.07. The Bertz CT molecular complexity index is 389. The number of nitrogens with one attached hydrogen (secondary N) is 1. The fraction of sp³-hybridized carbons (Fsp3) is 0.273. The maximum absolute atomic E-state index is 10.8. The Balaban J connectivity index is 2.79. The molecule has 0 amide bonds. The monoisotopic (exact) mass is 221 g/mol. The van der Waals surface area contributed by atoms with E-state index in [1.165, 1.54) is 7.11 Å². The Kier molecular flexibility index (Phi) is 4.32. The summed E-state index contributed by atoms with van der Waals surface area (Å²) in [5.74, 6) is 0.553. The molecule has 5 heteroatoms. The van der Waals surface area contributed by atoms with E-state index in [2.05, 4.69) is 10.5 Å². The van der Waals surface area contributed by atoms with Gasteiger partial charge in [-0.3, -0.25) is 10.2 Å². The molecule has 0 aliphatic heterocycles. The molecule has 0 aromatic heterocycles. The van der Waals surface area contributed by atoms with Crippen LogP contribution >= 0.6 is 0 Å². The van der Waals surface area contributed by atoms with Gasteiger partial charge in [0.1, 0.15) is 12.1 Å². The van der Waals surface area contributed by atoms with Gasteiger partial charge in [0.2, 0.25) is 0 Å². The molecule has 0 spiro atoms. The van der Waals surface area contributed by atoms with Gasteiger partial charge < -0.3 is 9.64 Å². The fourth-order valence-electron chi connectivity index (χ4n) is 1.11. The SMILES string of the molecule is COc1ccc(N/N=C/N(C)C)cc1C=O. The van der Waals surface area contributed by atoms with Crippen LogP contribution in [-0.2, 0) is 0 Å². The molecule has 0 aliphatic rings. The van der Waals surface area contributed by atoms with E-state index in [0.717, 1.165) is 12.0 Å². The molecule has 0 saturated heterocycles. The summed E-state index contributed by atoms with van der Waals surface area (Å²) >= 11 is 0. The standard InChI is InChI=1S/C11H15N3O2/c1-14(2)8-12-13-10-4-5-11(16-3)9(6-10)7-15/h4-8,13H,1-3H3/b12-8+.